The van der Waals surface area contributed by atoms with E-state index in [-0.39, 0.29) is 0 Å². The molecule has 17 heavy (non-hydrogen) atoms. The molecule has 0 saturated heterocycles. The van der Waals surface area contributed by atoms with Crippen molar-refractivity contribution < 1.29 is 4.74 Å². The van der Waals surface area contributed by atoms with Crippen LogP contribution in [0.5, 0.6) is 5.75 Å². The van der Waals surface area contributed by atoms with Gasteiger partial charge in [-0.05, 0) is 31.0 Å². The van der Waals surface area contributed by atoms with Gasteiger partial charge in [-0.15, -0.1) is 0 Å². The smallest absolute Gasteiger partial charge is 0.145 e. The Balaban J connectivity index is 2.41. The molecule has 2 aromatic rings. The summed E-state index contributed by atoms with van der Waals surface area (Å²) in [6.45, 7) is 2.82. The summed E-state index contributed by atoms with van der Waals surface area (Å²) in [5, 5.41) is 1.11. The van der Waals surface area contributed by atoms with Gasteiger partial charge in [-0.1, -0.05) is 25.1 Å². The third-order valence-electron chi connectivity index (χ3n) is 2.92. The lowest BCUT2D eigenvalue weighted by Gasteiger charge is -2.10. The summed E-state index contributed by atoms with van der Waals surface area (Å²) in [6, 6.07) is 10.1. The number of fused-ring (bicyclic) bond motifs is 1. The first kappa shape index (κ1) is 11.9. The van der Waals surface area contributed by atoms with Crippen LogP contribution >= 0.6 is 0 Å². The van der Waals surface area contributed by atoms with Gasteiger partial charge in [0.25, 0.3) is 0 Å². The largest absolute Gasteiger partial charge is 0.494 e. The second kappa shape index (κ2) is 5.15. The Kier molecular flexibility index (Phi) is 3.59. The second-order valence-corrected chi connectivity index (χ2v) is 4.38. The fourth-order valence-corrected chi connectivity index (χ4v) is 1.88. The topological polar surface area (TPSA) is 48.1 Å². The minimum absolute atomic E-state index is 0.453. The predicted molar refractivity (Wildman–Crippen MR) is 70.2 cm³/mol. The molecule has 2 N–H and O–H groups in total. The van der Waals surface area contributed by atoms with Crippen LogP contribution < -0.4 is 10.5 Å². The summed E-state index contributed by atoms with van der Waals surface area (Å²) in [7, 11) is 1.67. The Morgan fingerprint density at radius 2 is 2.12 bits per heavy atom. The Morgan fingerprint density at radius 3 is 2.82 bits per heavy atom. The minimum atomic E-state index is 0.453. The zero-order valence-corrected chi connectivity index (χ0v) is 10.3. The number of methoxy groups -OCH3 is 1. The van der Waals surface area contributed by atoms with Gasteiger partial charge in [0.2, 0.25) is 0 Å². The van der Waals surface area contributed by atoms with Crippen molar-refractivity contribution >= 4 is 10.9 Å². The number of benzene rings is 1. The number of para-hydroxylation sites is 1. The SMILES string of the molecule is COc1cccc2ccc(CC(C)CN)nc12. The molecule has 0 aliphatic heterocycles. The highest BCUT2D eigenvalue weighted by Gasteiger charge is 2.06. The molecular weight excluding hydrogens is 212 g/mol. The van der Waals surface area contributed by atoms with Crippen molar-refractivity contribution in [3.05, 3.63) is 36.0 Å². The van der Waals surface area contributed by atoms with Crippen molar-refractivity contribution in [3.63, 3.8) is 0 Å². The molecule has 0 bridgehead atoms. The van der Waals surface area contributed by atoms with Gasteiger partial charge in [-0.2, -0.15) is 0 Å². The molecular formula is C14H18N2O. The molecule has 2 rings (SSSR count). The highest BCUT2D eigenvalue weighted by molar-refractivity contribution is 5.84. The number of pyridine rings is 1. The van der Waals surface area contributed by atoms with Gasteiger partial charge in [0, 0.05) is 11.1 Å². The quantitative estimate of drug-likeness (QED) is 0.877. The van der Waals surface area contributed by atoms with Gasteiger partial charge in [-0.25, -0.2) is 4.98 Å². The van der Waals surface area contributed by atoms with Crippen LogP contribution in [0.1, 0.15) is 12.6 Å². The number of nitrogens with two attached hydrogens (primary N) is 1. The number of aromatic nitrogens is 1. The van der Waals surface area contributed by atoms with Crippen molar-refractivity contribution in [2.45, 2.75) is 13.3 Å². The van der Waals surface area contributed by atoms with E-state index in [0.717, 1.165) is 28.8 Å². The Hall–Kier alpha value is -1.61. The maximum Gasteiger partial charge on any atom is 0.145 e. The maximum atomic E-state index is 5.64. The van der Waals surface area contributed by atoms with E-state index in [1.165, 1.54) is 0 Å². The van der Waals surface area contributed by atoms with E-state index >= 15 is 0 Å². The summed E-state index contributed by atoms with van der Waals surface area (Å²) >= 11 is 0. The fraction of sp³-hybridized carbons (Fsp3) is 0.357. The van der Waals surface area contributed by atoms with E-state index in [2.05, 4.69) is 24.0 Å². The van der Waals surface area contributed by atoms with Gasteiger partial charge in [0.05, 0.1) is 7.11 Å². The number of hydrogen-bond acceptors (Lipinski definition) is 3. The average molecular weight is 230 g/mol. The highest BCUT2D eigenvalue weighted by Crippen LogP contribution is 2.24. The first-order valence-electron chi connectivity index (χ1n) is 5.87. The Labute approximate surface area is 102 Å². The fourth-order valence-electron chi connectivity index (χ4n) is 1.88. The molecule has 0 spiro atoms. The van der Waals surface area contributed by atoms with Crippen LogP contribution in [0.25, 0.3) is 10.9 Å². The van der Waals surface area contributed by atoms with Crippen molar-refractivity contribution in [3.8, 4) is 5.75 Å². The van der Waals surface area contributed by atoms with Gasteiger partial charge in [-0.3, -0.25) is 0 Å². The predicted octanol–water partition coefficient (Wildman–Crippen LogP) is 2.38. The first-order chi connectivity index (χ1) is 8.24. The molecule has 3 heteroatoms. The average Bonchev–Trinajstić information content (AvgIpc) is 2.37. The van der Waals surface area contributed by atoms with Gasteiger partial charge < -0.3 is 10.5 Å². The molecule has 0 saturated carbocycles. The van der Waals surface area contributed by atoms with E-state index in [9.17, 15) is 0 Å². The third-order valence-corrected chi connectivity index (χ3v) is 2.92. The molecule has 90 valence electrons. The van der Waals surface area contributed by atoms with E-state index in [0.29, 0.717) is 12.5 Å². The van der Waals surface area contributed by atoms with Gasteiger partial charge >= 0.3 is 0 Å². The zero-order chi connectivity index (χ0) is 12.3. The van der Waals surface area contributed by atoms with Crippen molar-refractivity contribution in [2.75, 3.05) is 13.7 Å². The van der Waals surface area contributed by atoms with Crippen LogP contribution in [-0.4, -0.2) is 18.6 Å². The molecule has 3 nitrogen and oxygen atoms in total. The van der Waals surface area contributed by atoms with E-state index in [4.69, 9.17) is 10.5 Å². The zero-order valence-electron chi connectivity index (χ0n) is 10.3. The molecule has 0 radical (unpaired) electrons. The van der Waals surface area contributed by atoms with Crippen LogP contribution in [0.3, 0.4) is 0 Å². The third kappa shape index (κ3) is 2.56. The first-order valence-corrected chi connectivity index (χ1v) is 5.87. The number of ether oxygens (including phenoxy) is 1. The minimum Gasteiger partial charge on any atom is -0.494 e. The monoisotopic (exact) mass is 230 g/mol. The second-order valence-electron chi connectivity index (χ2n) is 4.38. The molecule has 1 atom stereocenters. The molecule has 1 unspecified atom stereocenters. The summed E-state index contributed by atoms with van der Waals surface area (Å²) in [4.78, 5) is 4.65. The number of rotatable bonds is 4. The lowest BCUT2D eigenvalue weighted by atomic mass is 10.0. The lowest BCUT2D eigenvalue weighted by molar-refractivity contribution is 0.418. The molecule has 0 fully saturated rings. The van der Waals surface area contributed by atoms with Crippen LogP contribution in [0.4, 0.5) is 0 Å². The Bertz CT molecular complexity index is 511. The molecule has 1 aromatic carbocycles. The van der Waals surface area contributed by atoms with E-state index in [1.807, 2.05) is 18.2 Å². The summed E-state index contributed by atoms with van der Waals surface area (Å²) < 4.78 is 5.33. The number of nitrogens with zero attached hydrogens (tertiary/aromatic N) is 1. The van der Waals surface area contributed by atoms with Crippen LogP contribution in [0.2, 0.25) is 0 Å². The van der Waals surface area contributed by atoms with Gasteiger partial charge in [0.1, 0.15) is 11.3 Å². The number of hydrogen-bond donors (Lipinski definition) is 1. The van der Waals surface area contributed by atoms with Crippen LogP contribution in [0.15, 0.2) is 30.3 Å². The van der Waals surface area contributed by atoms with E-state index < -0.39 is 0 Å². The van der Waals surface area contributed by atoms with Gasteiger partial charge in [0.15, 0.2) is 0 Å². The lowest BCUT2D eigenvalue weighted by Crippen LogP contribution is -2.13. The summed E-state index contributed by atoms with van der Waals surface area (Å²) in [5.74, 6) is 1.28. The van der Waals surface area contributed by atoms with Crippen LogP contribution in [0, 0.1) is 5.92 Å². The summed E-state index contributed by atoms with van der Waals surface area (Å²) in [5.41, 5.74) is 7.63. The van der Waals surface area contributed by atoms with E-state index in [1.54, 1.807) is 7.11 Å². The molecule has 0 aliphatic carbocycles. The van der Waals surface area contributed by atoms with Crippen molar-refractivity contribution in [1.29, 1.82) is 0 Å². The van der Waals surface area contributed by atoms with Crippen molar-refractivity contribution in [2.24, 2.45) is 11.7 Å². The van der Waals surface area contributed by atoms with Crippen LogP contribution in [-0.2, 0) is 6.42 Å². The summed E-state index contributed by atoms with van der Waals surface area (Å²) in [6.07, 6.45) is 0.907. The molecule has 1 aromatic heterocycles. The maximum absolute atomic E-state index is 5.64. The normalized spacial score (nSPS) is 12.6. The standard InChI is InChI=1S/C14H18N2O/c1-10(9-15)8-12-7-6-11-4-3-5-13(17-2)14(11)16-12/h3-7,10H,8-9,15H2,1-2H3. The Morgan fingerprint density at radius 1 is 1.29 bits per heavy atom. The molecule has 1 heterocycles. The van der Waals surface area contributed by atoms with Crippen molar-refractivity contribution in [1.82, 2.24) is 4.98 Å². The molecule has 0 amide bonds. The molecule has 0 aliphatic rings. The highest BCUT2D eigenvalue weighted by atomic mass is 16.5.